The molecule has 7 rings (SSSR count). The number of nitrogens with one attached hydrogen (secondary N) is 1. The maximum Gasteiger partial charge on any atom is 0.274 e. The molecule has 0 spiro atoms. The van der Waals surface area contributed by atoms with Gasteiger partial charge in [0.05, 0.1) is 38.2 Å². The molecule has 4 aromatic rings. The third kappa shape index (κ3) is 5.29. The molecule has 43 heavy (non-hydrogen) atoms. The lowest BCUT2D eigenvalue weighted by Gasteiger charge is -2.33. The average molecular weight is 585 g/mol. The van der Waals surface area contributed by atoms with Crippen LogP contribution in [0.15, 0.2) is 53.6 Å². The highest BCUT2D eigenvalue weighted by Crippen LogP contribution is 2.36. The fraction of sp³-hybridized carbons (Fsp3) is 0.394. The van der Waals surface area contributed by atoms with E-state index in [2.05, 4.69) is 30.7 Å². The number of nitrogens with zero attached hydrogens (tertiary/aromatic N) is 5. The molecule has 0 bridgehead atoms. The highest BCUT2D eigenvalue weighted by Gasteiger charge is 2.26. The Kier molecular flexibility index (Phi) is 7.40. The van der Waals surface area contributed by atoms with Crippen LogP contribution in [0.3, 0.4) is 0 Å². The molecule has 224 valence electrons. The number of aliphatic hydroxyl groups is 1. The van der Waals surface area contributed by atoms with Gasteiger partial charge in [-0.15, -0.1) is 0 Å². The molecule has 0 unspecified atom stereocenters. The molecule has 5 heterocycles. The predicted octanol–water partition coefficient (Wildman–Crippen LogP) is 4.36. The van der Waals surface area contributed by atoms with E-state index in [0.717, 1.165) is 44.7 Å². The number of benzene rings is 1. The number of morpholine rings is 1. The van der Waals surface area contributed by atoms with Crippen molar-refractivity contribution in [2.24, 2.45) is 7.05 Å². The summed E-state index contributed by atoms with van der Waals surface area (Å²) in [5, 5.41) is 13.8. The Balaban J connectivity index is 1.20. The Hall–Kier alpha value is -4.15. The number of hydrogen-bond acceptors (Lipinski definition) is 7. The highest BCUT2D eigenvalue weighted by molar-refractivity contribution is 5.77. The van der Waals surface area contributed by atoms with Crippen LogP contribution in [0.1, 0.15) is 35.4 Å². The van der Waals surface area contributed by atoms with E-state index in [1.165, 1.54) is 46.5 Å². The molecular weight excluding hydrogens is 547 g/mol. The summed E-state index contributed by atoms with van der Waals surface area (Å²) in [4.78, 5) is 22.0. The van der Waals surface area contributed by atoms with Crippen LogP contribution < -0.4 is 20.7 Å². The molecule has 9 nitrogen and oxygen atoms in total. The van der Waals surface area contributed by atoms with Gasteiger partial charge in [-0.2, -0.15) is 0 Å². The van der Waals surface area contributed by atoms with Crippen LogP contribution in [0, 0.1) is 5.82 Å². The minimum Gasteiger partial charge on any atom is -0.392 e. The molecule has 0 saturated carbocycles. The molecule has 2 aliphatic heterocycles. The van der Waals surface area contributed by atoms with Crippen molar-refractivity contribution >= 4 is 22.9 Å². The van der Waals surface area contributed by atoms with Crippen molar-refractivity contribution in [3.05, 3.63) is 87.5 Å². The van der Waals surface area contributed by atoms with Gasteiger partial charge in [-0.1, -0.05) is 0 Å². The summed E-state index contributed by atoms with van der Waals surface area (Å²) < 4.78 is 24.6. The van der Waals surface area contributed by atoms with Crippen LogP contribution in [0.4, 0.5) is 27.3 Å². The maximum absolute atomic E-state index is 15.3. The summed E-state index contributed by atoms with van der Waals surface area (Å²) in [6.07, 6.45) is 8.18. The summed E-state index contributed by atoms with van der Waals surface area (Å²) in [6.45, 7) is 4.98. The second-order valence-electron chi connectivity index (χ2n) is 11.7. The van der Waals surface area contributed by atoms with E-state index < -0.39 is 0 Å². The van der Waals surface area contributed by atoms with Crippen LogP contribution in [0.5, 0.6) is 0 Å². The lowest BCUT2D eigenvalue weighted by atomic mass is 9.98. The molecule has 1 aliphatic carbocycles. The van der Waals surface area contributed by atoms with Gasteiger partial charge >= 0.3 is 0 Å². The Morgan fingerprint density at radius 2 is 1.86 bits per heavy atom. The van der Waals surface area contributed by atoms with Crippen molar-refractivity contribution in [1.82, 2.24) is 14.1 Å². The molecule has 3 aliphatic rings. The second kappa shape index (κ2) is 11.5. The minimum atomic E-state index is -0.383. The maximum atomic E-state index is 15.3. The van der Waals surface area contributed by atoms with Crippen molar-refractivity contribution in [2.75, 3.05) is 48.0 Å². The zero-order chi connectivity index (χ0) is 29.5. The Morgan fingerprint density at radius 3 is 2.65 bits per heavy atom. The summed E-state index contributed by atoms with van der Waals surface area (Å²) in [6, 6.07) is 10.8. The van der Waals surface area contributed by atoms with E-state index in [4.69, 9.17) is 4.74 Å². The first-order chi connectivity index (χ1) is 21.0. The fourth-order valence-electron chi connectivity index (χ4n) is 6.82. The largest absolute Gasteiger partial charge is 0.392 e. The standard InChI is InChI=1S/C33H37FN6O3/c1-37-19-23(15-29(33(37)42)36-32-7-6-25(18-35-32)38-10-12-43-13-11-38)27-16-24(34)17-31(28(27)21-41)39-8-9-40-26(20-39)14-22-4-2-3-5-30(22)40/h6-7,14-19,41H,2-5,8-13,20-21H2,1H3,(H,35,36). The topological polar surface area (TPSA) is 87.8 Å². The molecule has 0 amide bonds. The number of ether oxygens (including phenoxy) is 1. The Morgan fingerprint density at radius 1 is 1.02 bits per heavy atom. The number of aryl methyl sites for hydroxylation is 2. The summed E-state index contributed by atoms with van der Waals surface area (Å²) >= 11 is 0. The van der Waals surface area contributed by atoms with E-state index in [1.54, 1.807) is 25.5 Å². The number of aliphatic hydroxyl groups excluding tert-OH is 1. The SMILES string of the molecule is Cn1cc(-c2cc(F)cc(N3CCn4c(cc5c4CCCC5)C3)c2CO)cc(Nc2ccc(N3CCOCC3)cn2)c1=O. The van der Waals surface area contributed by atoms with Gasteiger partial charge in [-0.3, -0.25) is 4.79 Å². The van der Waals surface area contributed by atoms with Gasteiger partial charge in [-0.25, -0.2) is 9.37 Å². The molecule has 1 aromatic carbocycles. The van der Waals surface area contributed by atoms with E-state index in [0.29, 0.717) is 53.6 Å². The summed E-state index contributed by atoms with van der Waals surface area (Å²) in [7, 11) is 1.67. The van der Waals surface area contributed by atoms with Gasteiger partial charge in [0, 0.05) is 67.6 Å². The van der Waals surface area contributed by atoms with Crippen LogP contribution >= 0.6 is 0 Å². The van der Waals surface area contributed by atoms with Gasteiger partial charge < -0.3 is 34.1 Å². The number of anilines is 4. The number of pyridine rings is 2. The van der Waals surface area contributed by atoms with Gasteiger partial charge in [0.2, 0.25) is 0 Å². The molecule has 1 saturated heterocycles. The normalized spacial score (nSPS) is 16.6. The average Bonchev–Trinajstić information content (AvgIpc) is 3.41. The van der Waals surface area contributed by atoms with Crippen molar-refractivity contribution in [3.8, 4) is 11.1 Å². The first-order valence-electron chi connectivity index (χ1n) is 15.1. The van der Waals surface area contributed by atoms with E-state index in [9.17, 15) is 9.90 Å². The molecular formula is C33H37FN6O3. The van der Waals surface area contributed by atoms with Gasteiger partial charge in [-0.05, 0) is 73.2 Å². The molecule has 3 aromatic heterocycles. The monoisotopic (exact) mass is 584 g/mol. The van der Waals surface area contributed by atoms with E-state index in [-0.39, 0.29) is 18.0 Å². The minimum absolute atomic E-state index is 0.231. The van der Waals surface area contributed by atoms with Crippen LogP contribution in [0.25, 0.3) is 11.1 Å². The molecule has 1 fully saturated rings. The van der Waals surface area contributed by atoms with Crippen molar-refractivity contribution < 1.29 is 14.2 Å². The lowest BCUT2D eigenvalue weighted by molar-refractivity contribution is 0.122. The van der Waals surface area contributed by atoms with Crippen LogP contribution in [0.2, 0.25) is 0 Å². The first kappa shape index (κ1) is 27.7. The molecule has 0 atom stereocenters. The van der Waals surface area contributed by atoms with E-state index in [1.807, 2.05) is 12.1 Å². The number of hydrogen-bond donors (Lipinski definition) is 2. The number of fused-ring (bicyclic) bond motifs is 3. The third-order valence-corrected chi connectivity index (χ3v) is 9.01. The van der Waals surface area contributed by atoms with Gasteiger partial charge in [0.15, 0.2) is 0 Å². The first-order valence-corrected chi connectivity index (χ1v) is 15.1. The smallest absolute Gasteiger partial charge is 0.274 e. The molecule has 10 heteroatoms. The lowest BCUT2D eigenvalue weighted by Crippen LogP contribution is -2.36. The van der Waals surface area contributed by atoms with Crippen LogP contribution in [-0.4, -0.2) is 52.1 Å². The Labute approximate surface area is 250 Å². The Bertz CT molecular complexity index is 1710. The quantitative estimate of drug-likeness (QED) is 0.348. The highest BCUT2D eigenvalue weighted by atomic mass is 19.1. The summed E-state index contributed by atoms with van der Waals surface area (Å²) in [5.41, 5.74) is 7.76. The van der Waals surface area contributed by atoms with Crippen molar-refractivity contribution in [2.45, 2.75) is 45.4 Å². The number of halogens is 1. The second-order valence-corrected chi connectivity index (χ2v) is 11.7. The summed E-state index contributed by atoms with van der Waals surface area (Å²) in [5.74, 6) is 0.152. The molecule has 0 radical (unpaired) electrons. The molecule has 2 N–H and O–H groups in total. The number of rotatable bonds is 6. The van der Waals surface area contributed by atoms with Gasteiger partial charge in [0.25, 0.3) is 5.56 Å². The van der Waals surface area contributed by atoms with Crippen molar-refractivity contribution in [3.63, 3.8) is 0 Å². The zero-order valence-electron chi connectivity index (χ0n) is 24.5. The van der Waals surface area contributed by atoms with E-state index >= 15 is 4.39 Å². The van der Waals surface area contributed by atoms with Crippen molar-refractivity contribution in [1.29, 1.82) is 0 Å². The van der Waals surface area contributed by atoms with Gasteiger partial charge in [0.1, 0.15) is 17.3 Å². The third-order valence-electron chi connectivity index (χ3n) is 9.01. The predicted molar refractivity (Wildman–Crippen MR) is 166 cm³/mol. The number of aromatic nitrogens is 3. The fourth-order valence-corrected chi connectivity index (χ4v) is 6.82. The van der Waals surface area contributed by atoms with Crippen LogP contribution in [-0.2, 0) is 44.3 Å². The zero-order valence-corrected chi connectivity index (χ0v) is 24.5.